The highest BCUT2D eigenvalue weighted by Crippen LogP contribution is 2.34. The molecule has 3 heterocycles. The molecular weight excluding hydrogens is 482 g/mol. The first-order valence-corrected chi connectivity index (χ1v) is 13.4. The summed E-state index contributed by atoms with van der Waals surface area (Å²) >= 11 is 6.69. The molecule has 7 heteroatoms. The number of amides is 1. The molecule has 37 heavy (non-hydrogen) atoms. The van der Waals surface area contributed by atoms with Crippen molar-refractivity contribution in [2.24, 2.45) is 4.99 Å². The van der Waals surface area contributed by atoms with E-state index in [0.29, 0.717) is 40.4 Å². The number of nitrogens with zero attached hydrogens (tertiary/aromatic N) is 4. The van der Waals surface area contributed by atoms with Crippen molar-refractivity contribution in [2.75, 3.05) is 26.7 Å². The van der Waals surface area contributed by atoms with Crippen molar-refractivity contribution in [3.63, 3.8) is 0 Å². The topological polar surface area (TPSA) is 60.8 Å². The smallest absolute Gasteiger partial charge is 0.260 e. The number of carbonyl (C=O) groups excluding carboxylic acids is 1. The molecule has 0 radical (unpaired) electrons. The monoisotopic (exact) mass is 519 g/mol. The van der Waals surface area contributed by atoms with Gasteiger partial charge in [0.15, 0.2) is 0 Å². The van der Waals surface area contributed by atoms with Gasteiger partial charge in [0.25, 0.3) is 5.91 Å². The van der Waals surface area contributed by atoms with Crippen molar-refractivity contribution in [3.05, 3.63) is 83.4 Å². The summed E-state index contributed by atoms with van der Waals surface area (Å²) in [7, 11) is 2.14. The molecule has 2 aromatic rings. The number of nitrogens with one attached hydrogen (secondary N) is 1. The number of aromatic nitrogens is 1. The Kier molecular flexibility index (Phi) is 10.2. The summed E-state index contributed by atoms with van der Waals surface area (Å²) in [4.78, 5) is 26.5. The van der Waals surface area contributed by atoms with Crippen molar-refractivity contribution in [3.8, 4) is 11.1 Å². The zero-order valence-corrected chi connectivity index (χ0v) is 23.3. The molecule has 0 saturated carbocycles. The van der Waals surface area contributed by atoms with Crippen molar-refractivity contribution >= 4 is 28.9 Å². The maximum absolute atomic E-state index is 13.6. The van der Waals surface area contributed by atoms with Gasteiger partial charge in [-0.05, 0) is 70.6 Å². The lowest BCUT2D eigenvalue weighted by atomic mass is 9.95. The van der Waals surface area contributed by atoms with Crippen LogP contribution in [0.1, 0.15) is 46.1 Å². The van der Waals surface area contributed by atoms with E-state index in [4.69, 9.17) is 16.6 Å². The van der Waals surface area contributed by atoms with Gasteiger partial charge in [0.1, 0.15) is 11.7 Å². The average Bonchev–Trinajstić information content (AvgIpc) is 2.92. The highest BCUT2D eigenvalue weighted by Gasteiger charge is 2.31. The Balaban J connectivity index is 0.00000186. The van der Waals surface area contributed by atoms with E-state index in [1.165, 1.54) is 0 Å². The zero-order chi connectivity index (χ0) is 26.9. The second-order valence-electron chi connectivity index (χ2n) is 8.89. The Labute approximate surface area is 226 Å². The molecule has 0 unspecified atom stereocenters. The van der Waals surface area contributed by atoms with Gasteiger partial charge < -0.3 is 10.2 Å². The molecule has 196 valence electrons. The lowest BCUT2D eigenvalue weighted by molar-refractivity contribution is -0.121. The number of carbonyl (C=O) groups is 1. The van der Waals surface area contributed by atoms with Crippen LogP contribution in [-0.2, 0) is 4.79 Å². The SMILES string of the molecule is C=C(/N=C1\C(=C/C)C=C(c2ccc(-c3cccnc3)cc2Cl)C(=O)N1CC)NC1CCN(C)CC1.CC. The second kappa shape index (κ2) is 13.4. The Morgan fingerprint density at radius 2 is 1.97 bits per heavy atom. The lowest BCUT2D eigenvalue weighted by Crippen LogP contribution is -2.42. The average molecular weight is 520 g/mol. The van der Waals surface area contributed by atoms with Crippen LogP contribution in [0.25, 0.3) is 16.7 Å². The standard InChI is InChI=1S/C28H32ClN5O.C2H6/c1-5-20-16-25(24-10-9-21(17-26(24)29)22-8-7-13-30-18-22)28(35)34(6-2)27(20)32-19(3)31-23-11-14-33(4)15-12-23;1-2/h5,7-10,13,16-18,23,31H,3,6,11-12,14-15H2,1-2,4H3;1-2H3/b20-5-,32-27+;. The zero-order valence-electron chi connectivity index (χ0n) is 22.6. The Morgan fingerprint density at radius 3 is 2.57 bits per heavy atom. The molecule has 4 rings (SSSR count). The molecule has 0 bridgehead atoms. The third-order valence-corrected chi connectivity index (χ3v) is 6.81. The maximum Gasteiger partial charge on any atom is 0.260 e. The van der Waals surface area contributed by atoms with E-state index in [9.17, 15) is 4.79 Å². The quantitative estimate of drug-likeness (QED) is 0.495. The predicted molar refractivity (Wildman–Crippen MR) is 155 cm³/mol. The predicted octanol–water partition coefficient (Wildman–Crippen LogP) is 6.17. The van der Waals surface area contributed by atoms with Gasteiger partial charge in [-0.15, -0.1) is 0 Å². The molecule has 1 fully saturated rings. The summed E-state index contributed by atoms with van der Waals surface area (Å²) in [5, 5.41) is 3.96. The molecule has 0 atom stereocenters. The number of rotatable bonds is 6. The number of allylic oxidation sites excluding steroid dienone is 1. The van der Waals surface area contributed by atoms with Gasteiger partial charge in [-0.2, -0.15) is 0 Å². The Bertz CT molecular complexity index is 1190. The van der Waals surface area contributed by atoms with Crippen molar-refractivity contribution in [1.82, 2.24) is 20.1 Å². The van der Waals surface area contributed by atoms with E-state index in [2.05, 4.69) is 28.8 Å². The second-order valence-corrected chi connectivity index (χ2v) is 9.30. The van der Waals surface area contributed by atoms with Gasteiger partial charge in [-0.1, -0.05) is 56.3 Å². The molecule has 2 aliphatic rings. The molecule has 2 aliphatic heterocycles. The summed E-state index contributed by atoms with van der Waals surface area (Å²) in [6, 6.07) is 9.96. The van der Waals surface area contributed by atoms with Crippen LogP contribution in [0.5, 0.6) is 0 Å². The van der Waals surface area contributed by atoms with Crippen molar-refractivity contribution < 1.29 is 4.79 Å². The number of hydrogen-bond acceptors (Lipinski definition) is 5. The first-order valence-electron chi connectivity index (χ1n) is 13.0. The van der Waals surface area contributed by atoms with Crippen molar-refractivity contribution in [1.29, 1.82) is 0 Å². The van der Waals surface area contributed by atoms with Crippen LogP contribution in [0.3, 0.4) is 0 Å². The van der Waals surface area contributed by atoms with E-state index in [1.54, 1.807) is 17.3 Å². The van der Waals surface area contributed by atoms with Gasteiger partial charge in [0, 0.05) is 52.3 Å². The Morgan fingerprint density at radius 1 is 1.24 bits per heavy atom. The summed E-state index contributed by atoms with van der Waals surface area (Å²) in [5.41, 5.74) is 4.03. The number of pyridine rings is 1. The maximum atomic E-state index is 13.6. The third kappa shape index (κ3) is 6.76. The number of hydrogen-bond donors (Lipinski definition) is 1. The van der Waals surface area contributed by atoms with Crippen LogP contribution < -0.4 is 5.32 Å². The highest BCUT2D eigenvalue weighted by atomic mass is 35.5. The summed E-state index contributed by atoms with van der Waals surface area (Å²) in [6.07, 6.45) is 9.47. The summed E-state index contributed by atoms with van der Waals surface area (Å²) in [5.74, 6) is 1.06. The molecule has 0 aliphatic carbocycles. The number of likely N-dealkylation sites (tertiary alicyclic amines) is 1. The molecule has 1 saturated heterocycles. The van der Waals surface area contributed by atoms with Crippen LogP contribution in [0.15, 0.2) is 77.8 Å². The third-order valence-electron chi connectivity index (χ3n) is 6.50. The van der Waals surface area contributed by atoms with E-state index >= 15 is 0 Å². The minimum absolute atomic E-state index is 0.125. The molecule has 0 spiro atoms. The van der Waals surface area contributed by atoms with Gasteiger partial charge in [0.2, 0.25) is 0 Å². The minimum atomic E-state index is -0.125. The summed E-state index contributed by atoms with van der Waals surface area (Å²) in [6.45, 7) is 14.6. The number of benzene rings is 1. The largest absolute Gasteiger partial charge is 0.368 e. The van der Waals surface area contributed by atoms with Crippen LogP contribution in [0.4, 0.5) is 0 Å². The molecule has 6 nitrogen and oxygen atoms in total. The number of piperidine rings is 1. The van der Waals surface area contributed by atoms with Crippen LogP contribution in [0, 0.1) is 0 Å². The number of amidine groups is 1. The fourth-order valence-corrected chi connectivity index (χ4v) is 4.78. The molecule has 1 aromatic carbocycles. The summed E-state index contributed by atoms with van der Waals surface area (Å²) < 4.78 is 0. The number of halogens is 1. The highest BCUT2D eigenvalue weighted by molar-refractivity contribution is 6.37. The number of likely N-dealkylation sites (N-methyl/N-ethyl adjacent to an activating group) is 1. The van der Waals surface area contributed by atoms with Crippen LogP contribution in [0.2, 0.25) is 5.02 Å². The van der Waals surface area contributed by atoms with Gasteiger partial charge >= 0.3 is 0 Å². The van der Waals surface area contributed by atoms with E-state index < -0.39 is 0 Å². The van der Waals surface area contributed by atoms with E-state index in [0.717, 1.165) is 42.6 Å². The first kappa shape index (κ1) is 28.4. The molecule has 1 amide bonds. The first-order chi connectivity index (χ1) is 17.9. The number of aliphatic imine (C=N–C) groups is 1. The molecule has 1 aromatic heterocycles. The lowest BCUT2D eigenvalue weighted by Gasteiger charge is -2.32. The fourth-order valence-electron chi connectivity index (χ4n) is 4.50. The van der Waals surface area contributed by atoms with Gasteiger partial charge in [0.05, 0.1) is 0 Å². The van der Waals surface area contributed by atoms with E-state index in [1.807, 2.05) is 70.2 Å². The minimum Gasteiger partial charge on any atom is -0.368 e. The van der Waals surface area contributed by atoms with Gasteiger partial charge in [-0.3, -0.25) is 14.7 Å². The van der Waals surface area contributed by atoms with Crippen molar-refractivity contribution in [2.45, 2.75) is 46.6 Å². The van der Waals surface area contributed by atoms with Crippen LogP contribution in [-0.4, -0.2) is 59.3 Å². The van der Waals surface area contributed by atoms with E-state index in [-0.39, 0.29) is 5.91 Å². The normalized spacial score (nSPS) is 18.9. The molecule has 1 N–H and O–H groups in total. The van der Waals surface area contributed by atoms with Crippen LogP contribution >= 0.6 is 11.6 Å². The van der Waals surface area contributed by atoms with Gasteiger partial charge in [-0.25, -0.2) is 4.99 Å². The Hall–Kier alpha value is -3.22. The fraction of sp³-hybridized carbons (Fsp3) is 0.367. The molecular formula is C30H38ClN5O.